The molecule has 0 aliphatic carbocycles. The van der Waals surface area contributed by atoms with Crippen LogP contribution >= 0.6 is 0 Å². The maximum atomic E-state index is 12.3. The summed E-state index contributed by atoms with van der Waals surface area (Å²) in [5, 5.41) is 26.0. The third-order valence-corrected chi connectivity index (χ3v) is 4.20. The molecular weight excluding hydrogens is 420 g/mol. The standard InChI is InChI=1S/C20H29N6O6/c1-13(17(29)25-15(10-27)8-5-9-23-19(21)22)24-18(30)16(11-28)26-20(31)32-12-14-6-3-2-4-7-14/h2-4,6-7,13,15-16,28H,5,8-9,11-12H2,1H3,(H,24,30)(H,25,29)(H,26,31)(H4,21,22,23)/t13-,15-,16+/m0/s1. The molecule has 12 nitrogen and oxygen atoms in total. The normalized spacial score (nSPS) is 13.1. The first kappa shape index (κ1) is 26.4. The monoisotopic (exact) mass is 449 g/mol. The van der Waals surface area contributed by atoms with Crippen molar-refractivity contribution in [2.75, 3.05) is 13.2 Å². The van der Waals surface area contributed by atoms with Crippen LogP contribution in [0.4, 0.5) is 4.79 Å². The Balaban J connectivity index is 2.45. The maximum absolute atomic E-state index is 12.3. The topological polar surface area (TPSA) is 196 Å². The van der Waals surface area contributed by atoms with Crippen molar-refractivity contribution in [1.29, 1.82) is 5.41 Å². The summed E-state index contributed by atoms with van der Waals surface area (Å²) in [5.74, 6) is -1.65. The minimum absolute atomic E-state index is 0.0171. The van der Waals surface area contributed by atoms with Crippen molar-refractivity contribution in [2.45, 2.75) is 44.5 Å². The molecule has 12 heteroatoms. The largest absolute Gasteiger partial charge is 0.445 e. The Kier molecular flexibility index (Phi) is 11.8. The number of rotatable bonds is 13. The summed E-state index contributed by atoms with van der Waals surface area (Å²) in [4.78, 5) is 47.5. The van der Waals surface area contributed by atoms with E-state index in [9.17, 15) is 24.3 Å². The van der Waals surface area contributed by atoms with Crippen molar-refractivity contribution < 1.29 is 29.0 Å². The summed E-state index contributed by atoms with van der Waals surface area (Å²) in [6.07, 6.45) is 1.49. The van der Waals surface area contributed by atoms with Gasteiger partial charge in [-0.3, -0.25) is 19.8 Å². The lowest BCUT2D eigenvalue weighted by Crippen LogP contribution is -2.55. The number of aliphatic hydroxyl groups excluding tert-OH is 1. The van der Waals surface area contributed by atoms with E-state index in [0.29, 0.717) is 13.0 Å². The lowest BCUT2D eigenvalue weighted by Gasteiger charge is -2.21. The molecule has 0 saturated heterocycles. The van der Waals surface area contributed by atoms with Gasteiger partial charge in [-0.05, 0) is 25.3 Å². The minimum atomic E-state index is -1.33. The van der Waals surface area contributed by atoms with Gasteiger partial charge in [0.25, 0.3) is 0 Å². The number of hydrogen-bond acceptors (Lipinski definition) is 7. The molecule has 1 rings (SSSR count). The second-order valence-electron chi connectivity index (χ2n) is 6.83. The number of aliphatic hydroxyl groups is 1. The molecule has 0 aliphatic heterocycles. The van der Waals surface area contributed by atoms with Crippen LogP contribution in [0.5, 0.6) is 0 Å². The van der Waals surface area contributed by atoms with Gasteiger partial charge in [-0.1, -0.05) is 30.3 Å². The Hall–Kier alpha value is -3.67. The summed E-state index contributed by atoms with van der Waals surface area (Å²) in [6.45, 7) is 1.000. The Labute approximate surface area is 185 Å². The van der Waals surface area contributed by atoms with Gasteiger partial charge in [0, 0.05) is 6.54 Å². The van der Waals surface area contributed by atoms with E-state index in [4.69, 9.17) is 15.9 Å². The van der Waals surface area contributed by atoms with E-state index in [0.717, 1.165) is 5.56 Å². The molecule has 175 valence electrons. The molecule has 1 radical (unpaired) electrons. The van der Waals surface area contributed by atoms with Gasteiger partial charge in [0.1, 0.15) is 18.7 Å². The summed E-state index contributed by atoms with van der Waals surface area (Å²) < 4.78 is 5.00. The Morgan fingerprint density at radius 2 is 1.84 bits per heavy atom. The zero-order valence-electron chi connectivity index (χ0n) is 17.7. The molecule has 8 N–H and O–H groups in total. The predicted molar refractivity (Wildman–Crippen MR) is 115 cm³/mol. The van der Waals surface area contributed by atoms with Crippen LogP contribution in [0.2, 0.25) is 0 Å². The van der Waals surface area contributed by atoms with Gasteiger partial charge in [-0.2, -0.15) is 0 Å². The van der Waals surface area contributed by atoms with E-state index in [-0.39, 0.29) is 19.0 Å². The van der Waals surface area contributed by atoms with Crippen molar-refractivity contribution in [2.24, 2.45) is 5.73 Å². The molecule has 0 aliphatic rings. The van der Waals surface area contributed by atoms with Gasteiger partial charge in [0.15, 0.2) is 5.96 Å². The molecule has 3 atom stereocenters. The average molecular weight is 449 g/mol. The van der Waals surface area contributed by atoms with Crippen molar-refractivity contribution >= 4 is 30.2 Å². The molecule has 0 heterocycles. The molecular formula is C20H29N6O6. The number of ether oxygens (including phenoxy) is 1. The first-order valence-electron chi connectivity index (χ1n) is 9.91. The van der Waals surface area contributed by atoms with Crippen molar-refractivity contribution in [1.82, 2.24) is 21.3 Å². The van der Waals surface area contributed by atoms with E-state index in [1.807, 2.05) is 6.07 Å². The molecule has 3 amide bonds. The Morgan fingerprint density at radius 3 is 2.44 bits per heavy atom. The van der Waals surface area contributed by atoms with Gasteiger partial charge in [0.2, 0.25) is 18.1 Å². The van der Waals surface area contributed by atoms with Gasteiger partial charge in [-0.25, -0.2) is 4.79 Å². The molecule has 0 spiro atoms. The third-order valence-electron chi connectivity index (χ3n) is 4.20. The highest BCUT2D eigenvalue weighted by Crippen LogP contribution is 2.01. The van der Waals surface area contributed by atoms with Crippen LogP contribution < -0.4 is 27.0 Å². The second kappa shape index (κ2) is 14.4. The third kappa shape index (κ3) is 10.4. The van der Waals surface area contributed by atoms with Gasteiger partial charge < -0.3 is 36.8 Å². The molecule has 1 aromatic rings. The summed E-state index contributed by atoms with van der Waals surface area (Å²) in [6, 6.07) is 5.60. The highest BCUT2D eigenvalue weighted by atomic mass is 16.5. The number of carbonyl (C=O) groups excluding carboxylic acids is 4. The van der Waals surface area contributed by atoms with Crippen LogP contribution in [-0.2, 0) is 25.7 Å². The van der Waals surface area contributed by atoms with Gasteiger partial charge in [-0.15, -0.1) is 0 Å². The molecule has 0 aromatic heterocycles. The fraction of sp³-hybridized carbons (Fsp3) is 0.450. The van der Waals surface area contributed by atoms with E-state index in [2.05, 4.69) is 21.3 Å². The number of carbonyl (C=O) groups is 3. The SMILES string of the molecule is C[C@H](NC(=O)[C@@H](CO)NC(=O)OCc1ccccc1)C(=O)N[C@H]([C]=O)CCCNC(=N)N. The minimum Gasteiger partial charge on any atom is -0.445 e. The first-order valence-corrected chi connectivity index (χ1v) is 9.91. The summed E-state index contributed by atoms with van der Waals surface area (Å²) in [5.41, 5.74) is 5.90. The van der Waals surface area contributed by atoms with E-state index < -0.39 is 42.6 Å². The summed E-state index contributed by atoms with van der Waals surface area (Å²) >= 11 is 0. The Morgan fingerprint density at radius 1 is 1.16 bits per heavy atom. The lowest BCUT2D eigenvalue weighted by atomic mass is 10.1. The number of alkyl carbamates (subject to hydrolysis) is 1. The van der Waals surface area contributed by atoms with Gasteiger partial charge in [0.05, 0.1) is 12.6 Å². The molecule has 1 aromatic carbocycles. The molecule has 0 unspecified atom stereocenters. The van der Waals surface area contributed by atoms with E-state index >= 15 is 0 Å². The predicted octanol–water partition coefficient (Wildman–Crippen LogP) is -1.36. The van der Waals surface area contributed by atoms with Crippen LogP contribution in [0.25, 0.3) is 0 Å². The number of benzene rings is 1. The van der Waals surface area contributed by atoms with E-state index in [1.54, 1.807) is 30.6 Å². The number of amides is 3. The smallest absolute Gasteiger partial charge is 0.408 e. The highest BCUT2D eigenvalue weighted by molar-refractivity contribution is 5.91. The van der Waals surface area contributed by atoms with Gasteiger partial charge >= 0.3 is 6.09 Å². The van der Waals surface area contributed by atoms with Crippen LogP contribution in [0, 0.1) is 5.41 Å². The van der Waals surface area contributed by atoms with Crippen LogP contribution in [0.3, 0.4) is 0 Å². The molecule has 0 fully saturated rings. The molecule has 32 heavy (non-hydrogen) atoms. The van der Waals surface area contributed by atoms with Crippen molar-refractivity contribution in [3.8, 4) is 0 Å². The number of guanidine groups is 1. The van der Waals surface area contributed by atoms with Crippen molar-refractivity contribution in [3.63, 3.8) is 0 Å². The quantitative estimate of drug-likeness (QED) is 0.109. The van der Waals surface area contributed by atoms with Crippen LogP contribution in [-0.4, -0.2) is 66.5 Å². The number of hydrogen-bond donors (Lipinski definition) is 7. The highest BCUT2D eigenvalue weighted by Gasteiger charge is 2.25. The van der Waals surface area contributed by atoms with Crippen LogP contribution in [0.1, 0.15) is 25.3 Å². The second-order valence-corrected chi connectivity index (χ2v) is 6.83. The number of nitrogens with one attached hydrogen (secondary N) is 5. The fourth-order valence-corrected chi connectivity index (χ4v) is 2.47. The first-order chi connectivity index (χ1) is 15.3. The Bertz CT molecular complexity index is 775. The number of nitrogens with two attached hydrogens (primary N) is 1. The summed E-state index contributed by atoms with van der Waals surface area (Å²) in [7, 11) is 0. The zero-order chi connectivity index (χ0) is 23.9. The lowest BCUT2D eigenvalue weighted by molar-refractivity contribution is -0.130. The average Bonchev–Trinajstić information content (AvgIpc) is 2.78. The van der Waals surface area contributed by atoms with Crippen molar-refractivity contribution in [3.05, 3.63) is 35.9 Å². The van der Waals surface area contributed by atoms with E-state index in [1.165, 1.54) is 6.92 Å². The molecule has 0 saturated carbocycles. The maximum Gasteiger partial charge on any atom is 0.408 e. The molecule has 0 bridgehead atoms. The van der Waals surface area contributed by atoms with Crippen LogP contribution in [0.15, 0.2) is 30.3 Å². The zero-order valence-corrected chi connectivity index (χ0v) is 17.7. The fourth-order valence-electron chi connectivity index (χ4n) is 2.47.